The van der Waals surface area contributed by atoms with E-state index in [1.165, 1.54) is 59.4 Å². The van der Waals surface area contributed by atoms with Crippen molar-refractivity contribution in [3.05, 3.63) is 132 Å². The van der Waals surface area contributed by atoms with Crippen LogP contribution in [0.5, 0.6) is 5.75 Å². The molecule has 0 saturated carbocycles. The van der Waals surface area contributed by atoms with E-state index in [9.17, 15) is 18.8 Å². The van der Waals surface area contributed by atoms with E-state index in [0.717, 1.165) is 11.3 Å². The summed E-state index contributed by atoms with van der Waals surface area (Å²) in [6.07, 6.45) is 4.15. The van der Waals surface area contributed by atoms with Crippen molar-refractivity contribution in [2.75, 3.05) is 6.61 Å². The molecule has 0 fully saturated rings. The quantitative estimate of drug-likeness (QED) is 0.181. The molecule has 40 heavy (non-hydrogen) atoms. The summed E-state index contributed by atoms with van der Waals surface area (Å²) in [5, 5.41) is 0.145. The lowest BCUT2D eigenvalue weighted by molar-refractivity contribution is -0.138. The third-order valence-electron chi connectivity index (χ3n) is 5.98. The highest BCUT2D eigenvalue weighted by atomic mass is 35.5. The zero-order valence-corrected chi connectivity index (χ0v) is 22.5. The standard InChI is InChI=1S/C29H20ClFN2O6S/c1-3-13-38-28(36)24-16(2)32-29-33(26(34)23(40-29)15-19-20(30)6-4-7-21(19)31)25(24)17-9-11-18(12-10-17)39-27(35)22-8-5-14-37-22/h3-12,14-15,25H,1,13H2,2H3/b23-15-/t25-/m0/s1. The van der Waals surface area contributed by atoms with Gasteiger partial charge >= 0.3 is 11.9 Å². The number of carbonyl (C=O) groups is 2. The van der Waals surface area contributed by atoms with Gasteiger partial charge in [-0.15, -0.1) is 0 Å². The molecule has 0 bridgehead atoms. The summed E-state index contributed by atoms with van der Waals surface area (Å²) in [5.74, 6) is -1.67. The average molecular weight is 579 g/mol. The Hall–Kier alpha value is -4.54. The van der Waals surface area contributed by atoms with E-state index in [4.69, 9.17) is 25.5 Å². The number of nitrogens with zero attached hydrogens (tertiary/aromatic N) is 2. The molecule has 1 aliphatic heterocycles. The largest absolute Gasteiger partial charge is 0.458 e. The molecule has 0 unspecified atom stereocenters. The van der Waals surface area contributed by atoms with Crippen molar-refractivity contribution in [1.82, 2.24) is 4.57 Å². The van der Waals surface area contributed by atoms with E-state index < -0.39 is 29.4 Å². The molecule has 0 amide bonds. The number of fused-ring (bicyclic) bond motifs is 1. The fourth-order valence-corrected chi connectivity index (χ4v) is 5.41. The summed E-state index contributed by atoms with van der Waals surface area (Å²) in [6.45, 7) is 5.17. The first-order chi connectivity index (χ1) is 19.3. The van der Waals surface area contributed by atoms with Gasteiger partial charge in [-0.1, -0.05) is 53.8 Å². The Kier molecular flexibility index (Phi) is 7.63. The molecular formula is C29H20ClFN2O6S. The number of carbonyl (C=O) groups excluding carboxylic acids is 2. The van der Waals surface area contributed by atoms with E-state index >= 15 is 0 Å². The molecule has 2 aromatic heterocycles. The topological polar surface area (TPSA) is 100 Å². The van der Waals surface area contributed by atoms with Gasteiger partial charge in [0.15, 0.2) is 4.80 Å². The second-order valence-electron chi connectivity index (χ2n) is 8.54. The summed E-state index contributed by atoms with van der Waals surface area (Å²) in [7, 11) is 0. The lowest BCUT2D eigenvalue weighted by atomic mass is 9.96. The minimum absolute atomic E-state index is 0.0389. The van der Waals surface area contributed by atoms with Gasteiger partial charge in [0.05, 0.1) is 33.1 Å². The van der Waals surface area contributed by atoms with Crippen molar-refractivity contribution < 1.29 is 27.9 Å². The predicted octanol–water partition coefficient (Wildman–Crippen LogP) is 4.57. The van der Waals surface area contributed by atoms with Crippen LogP contribution < -0.4 is 19.6 Å². The molecule has 0 N–H and O–H groups in total. The minimum Gasteiger partial charge on any atom is -0.458 e. The number of thiazole rings is 1. The van der Waals surface area contributed by atoms with Crippen LogP contribution in [0.25, 0.3) is 6.08 Å². The van der Waals surface area contributed by atoms with Crippen LogP contribution in [0.3, 0.4) is 0 Å². The van der Waals surface area contributed by atoms with Crippen LogP contribution in [0, 0.1) is 5.82 Å². The summed E-state index contributed by atoms with van der Waals surface area (Å²) >= 11 is 7.22. The number of hydrogen-bond donors (Lipinski definition) is 0. The van der Waals surface area contributed by atoms with Crippen molar-refractivity contribution in [3.8, 4) is 5.75 Å². The van der Waals surface area contributed by atoms with E-state index in [1.54, 1.807) is 25.1 Å². The maximum absolute atomic E-state index is 14.5. The number of furan rings is 1. The molecule has 1 aliphatic rings. The molecule has 8 nitrogen and oxygen atoms in total. The van der Waals surface area contributed by atoms with Crippen molar-refractivity contribution >= 4 is 41.0 Å². The van der Waals surface area contributed by atoms with Crippen LogP contribution in [-0.2, 0) is 9.53 Å². The number of rotatable bonds is 7. The van der Waals surface area contributed by atoms with Gasteiger partial charge in [0.25, 0.3) is 5.56 Å². The van der Waals surface area contributed by atoms with Crippen molar-refractivity contribution in [2.24, 2.45) is 4.99 Å². The van der Waals surface area contributed by atoms with Crippen molar-refractivity contribution in [3.63, 3.8) is 0 Å². The number of allylic oxidation sites excluding steroid dienone is 1. The Morgan fingerprint density at radius 2 is 1.95 bits per heavy atom. The van der Waals surface area contributed by atoms with Gasteiger partial charge < -0.3 is 13.9 Å². The molecule has 0 saturated heterocycles. The SMILES string of the molecule is C=CCOC(=O)C1=C(C)N=c2s/c(=C\c3c(F)cccc3Cl)c(=O)n2[C@H]1c1ccc(OC(=O)c2ccco2)cc1. The smallest absolute Gasteiger partial charge is 0.379 e. The predicted molar refractivity (Wildman–Crippen MR) is 146 cm³/mol. The third-order valence-corrected chi connectivity index (χ3v) is 7.29. The van der Waals surface area contributed by atoms with Gasteiger partial charge in [-0.05, 0) is 55.0 Å². The first kappa shape index (κ1) is 27.0. The van der Waals surface area contributed by atoms with Crippen molar-refractivity contribution in [2.45, 2.75) is 13.0 Å². The number of aromatic nitrogens is 1. The van der Waals surface area contributed by atoms with E-state index in [1.807, 2.05) is 0 Å². The maximum Gasteiger partial charge on any atom is 0.379 e. The Labute approximate surface area is 235 Å². The second-order valence-corrected chi connectivity index (χ2v) is 9.96. The molecule has 4 aromatic rings. The van der Waals surface area contributed by atoms with E-state index in [2.05, 4.69) is 11.6 Å². The average Bonchev–Trinajstić information content (AvgIpc) is 3.58. The molecule has 1 atom stereocenters. The maximum atomic E-state index is 14.5. The summed E-state index contributed by atoms with van der Waals surface area (Å²) in [4.78, 5) is 43.9. The van der Waals surface area contributed by atoms with Gasteiger partial charge in [-0.3, -0.25) is 9.36 Å². The van der Waals surface area contributed by atoms with Crippen LogP contribution in [0.2, 0.25) is 5.02 Å². The van der Waals surface area contributed by atoms with Gasteiger partial charge in [0.1, 0.15) is 18.2 Å². The highest BCUT2D eigenvalue weighted by Crippen LogP contribution is 2.32. The van der Waals surface area contributed by atoms with Gasteiger partial charge in [0, 0.05) is 5.56 Å². The van der Waals surface area contributed by atoms with Crippen LogP contribution in [-0.4, -0.2) is 23.1 Å². The second kappa shape index (κ2) is 11.3. The Balaban J connectivity index is 1.61. The third kappa shape index (κ3) is 5.18. The molecular weight excluding hydrogens is 559 g/mol. The Bertz CT molecular complexity index is 1820. The number of ether oxygens (including phenoxy) is 2. The van der Waals surface area contributed by atoms with Gasteiger partial charge in [0.2, 0.25) is 5.76 Å². The highest BCUT2D eigenvalue weighted by Gasteiger charge is 2.33. The van der Waals surface area contributed by atoms with Crippen LogP contribution >= 0.6 is 22.9 Å². The highest BCUT2D eigenvalue weighted by molar-refractivity contribution is 7.07. The number of esters is 2. The molecule has 202 valence electrons. The summed E-state index contributed by atoms with van der Waals surface area (Å²) < 4.78 is 31.8. The fourth-order valence-electron chi connectivity index (χ4n) is 4.16. The molecule has 0 spiro atoms. The summed E-state index contributed by atoms with van der Waals surface area (Å²) in [6, 6.07) is 12.7. The molecule has 0 aliphatic carbocycles. The molecule has 3 heterocycles. The van der Waals surface area contributed by atoms with E-state index in [-0.39, 0.29) is 38.8 Å². The minimum atomic E-state index is -0.929. The number of benzene rings is 2. The lowest BCUT2D eigenvalue weighted by Crippen LogP contribution is -2.40. The van der Waals surface area contributed by atoms with Gasteiger partial charge in [-0.2, -0.15) is 0 Å². The Morgan fingerprint density at radius 1 is 1.18 bits per heavy atom. The zero-order chi connectivity index (χ0) is 28.4. The van der Waals surface area contributed by atoms with Crippen LogP contribution in [0.4, 0.5) is 4.39 Å². The zero-order valence-electron chi connectivity index (χ0n) is 20.9. The lowest BCUT2D eigenvalue weighted by Gasteiger charge is -2.24. The fraction of sp³-hybridized carbons (Fsp3) is 0.103. The van der Waals surface area contributed by atoms with Crippen LogP contribution in [0.15, 0.2) is 99.0 Å². The molecule has 0 radical (unpaired) electrons. The first-order valence-corrected chi connectivity index (χ1v) is 13.1. The molecule has 2 aromatic carbocycles. The number of hydrogen-bond acceptors (Lipinski definition) is 8. The Morgan fingerprint density at radius 3 is 2.62 bits per heavy atom. The monoisotopic (exact) mass is 578 g/mol. The number of halogens is 2. The molecule has 11 heteroatoms. The first-order valence-electron chi connectivity index (χ1n) is 11.9. The van der Waals surface area contributed by atoms with Gasteiger partial charge in [-0.25, -0.2) is 19.0 Å². The molecule has 5 rings (SSSR count). The van der Waals surface area contributed by atoms with Crippen LogP contribution in [0.1, 0.15) is 34.6 Å². The normalized spacial score (nSPS) is 14.9. The summed E-state index contributed by atoms with van der Waals surface area (Å²) in [5.41, 5.74) is 0.585. The van der Waals surface area contributed by atoms with Crippen molar-refractivity contribution in [1.29, 1.82) is 0 Å². The van der Waals surface area contributed by atoms with E-state index in [0.29, 0.717) is 16.1 Å².